The molecule has 0 amide bonds. The van der Waals surface area contributed by atoms with Crippen LogP contribution in [0.5, 0.6) is 0 Å². The Bertz CT molecular complexity index is 763. The van der Waals surface area contributed by atoms with E-state index in [0.29, 0.717) is 0 Å². The summed E-state index contributed by atoms with van der Waals surface area (Å²) in [4.78, 5) is -0.452. The lowest BCUT2D eigenvalue weighted by Crippen LogP contribution is -2.08. The third-order valence-corrected chi connectivity index (χ3v) is 4.64. The fourth-order valence-corrected chi connectivity index (χ4v) is 3.30. The Morgan fingerprint density at radius 3 is 2.35 bits per heavy atom. The summed E-state index contributed by atoms with van der Waals surface area (Å²) < 4.78 is 50.9. The molecule has 20 heavy (non-hydrogen) atoms. The predicted molar refractivity (Wildman–Crippen MR) is 73.1 cm³/mol. The van der Waals surface area contributed by atoms with Gasteiger partial charge in [0.15, 0.2) is 9.84 Å². The van der Waals surface area contributed by atoms with Crippen LogP contribution in [0.25, 0.3) is 0 Å². The zero-order valence-electron chi connectivity index (χ0n) is 10.1. The predicted octanol–water partition coefficient (Wildman–Crippen LogP) is 3.17. The van der Waals surface area contributed by atoms with E-state index in [1.54, 1.807) is 0 Å². The van der Waals surface area contributed by atoms with Gasteiger partial charge in [0.25, 0.3) is 0 Å². The molecule has 0 saturated carbocycles. The van der Waals surface area contributed by atoms with Crippen molar-refractivity contribution in [3.05, 3.63) is 58.6 Å². The van der Waals surface area contributed by atoms with Gasteiger partial charge >= 0.3 is 0 Å². The maximum atomic E-state index is 13.6. The Morgan fingerprint density at radius 1 is 1.05 bits per heavy atom. The molecule has 0 bridgehead atoms. The maximum Gasteiger partial charge on any atom is 0.185 e. The monoisotopic (exact) mass is 317 g/mol. The minimum atomic E-state index is -3.90. The van der Waals surface area contributed by atoms with Gasteiger partial charge in [0.2, 0.25) is 0 Å². The van der Waals surface area contributed by atoms with Gasteiger partial charge in [-0.25, -0.2) is 17.2 Å². The summed E-state index contributed by atoms with van der Waals surface area (Å²) in [6.45, 7) is 0. The molecule has 0 saturated heterocycles. The number of halogens is 3. The van der Waals surface area contributed by atoms with E-state index in [0.717, 1.165) is 18.2 Å². The first-order valence-corrected chi connectivity index (χ1v) is 7.54. The lowest BCUT2D eigenvalue weighted by molar-refractivity contribution is 0.566. The van der Waals surface area contributed by atoms with Crippen molar-refractivity contribution in [3.63, 3.8) is 0 Å². The highest BCUT2D eigenvalue weighted by Gasteiger charge is 2.20. The second-order valence-corrected chi connectivity index (χ2v) is 6.56. The highest BCUT2D eigenvalue weighted by Crippen LogP contribution is 2.23. The summed E-state index contributed by atoms with van der Waals surface area (Å²) >= 11 is 5.58. The standard InChI is InChI=1S/C13H10ClF2NO2S/c14-10-5-8(1-3-11(10)15)7-20(18,19)13-4-2-9(17)6-12(13)16/h1-6H,7,17H2. The molecular weight excluding hydrogens is 308 g/mol. The van der Waals surface area contributed by atoms with Crippen LogP contribution < -0.4 is 5.73 Å². The summed E-state index contributed by atoms with van der Waals surface area (Å²) in [5.41, 5.74) is 5.77. The van der Waals surface area contributed by atoms with E-state index in [9.17, 15) is 17.2 Å². The number of sulfone groups is 1. The number of rotatable bonds is 3. The largest absolute Gasteiger partial charge is 0.399 e. The molecule has 0 fully saturated rings. The van der Waals surface area contributed by atoms with Gasteiger partial charge in [-0.3, -0.25) is 0 Å². The van der Waals surface area contributed by atoms with Gasteiger partial charge in [0.1, 0.15) is 16.5 Å². The number of benzene rings is 2. The average molecular weight is 318 g/mol. The zero-order chi connectivity index (χ0) is 14.9. The molecule has 0 unspecified atom stereocenters. The van der Waals surface area contributed by atoms with E-state index in [1.165, 1.54) is 18.2 Å². The van der Waals surface area contributed by atoms with Crippen molar-refractivity contribution in [2.45, 2.75) is 10.6 Å². The summed E-state index contributed by atoms with van der Waals surface area (Å²) in [6, 6.07) is 6.88. The molecule has 106 valence electrons. The number of nitrogen functional groups attached to an aromatic ring is 1. The molecule has 0 spiro atoms. The van der Waals surface area contributed by atoms with Crippen LogP contribution in [0.4, 0.5) is 14.5 Å². The maximum absolute atomic E-state index is 13.6. The van der Waals surface area contributed by atoms with Crippen LogP contribution in [-0.4, -0.2) is 8.42 Å². The second kappa shape index (κ2) is 5.38. The molecule has 0 aromatic heterocycles. The molecule has 3 nitrogen and oxygen atoms in total. The molecule has 2 N–H and O–H groups in total. The molecule has 0 aliphatic heterocycles. The van der Waals surface area contributed by atoms with E-state index >= 15 is 0 Å². The number of hydrogen-bond donors (Lipinski definition) is 1. The van der Waals surface area contributed by atoms with Crippen LogP contribution in [0.3, 0.4) is 0 Å². The van der Waals surface area contributed by atoms with E-state index < -0.39 is 32.1 Å². The Morgan fingerprint density at radius 2 is 1.75 bits per heavy atom. The molecule has 0 heterocycles. The lowest BCUT2D eigenvalue weighted by atomic mass is 10.2. The molecule has 2 aromatic rings. The van der Waals surface area contributed by atoms with Crippen LogP contribution in [0.1, 0.15) is 5.56 Å². The number of hydrogen-bond acceptors (Lipinski definition) is 3. The molecule has 0 aliphatic rings. The van der Waals surface area contributed by atoms with Crippen molar-refractivity contribution < 1.29 is 17.2 Å². The SMILES string of the molecule is Nc1ccc(S(=O)(=O)Cc2ccc(F)c(Cl)c2)c(F)c1. The average Bonchev–Trinajstić information content (AvgIpc) is 2.33. The summed E-state index contributed by atoms with van der Waals surface area (Å²) in [6.07, 6.45) is 0. The highest BCUT2D eigenvalue weighted by atomic mass is 35.5. The van der Waals surface area contributed by atoms with Gasteiger partial charge in [-0.15, -0.1) is 0 Å². The smallest absolute Gasteiger partial charge is 0.185 e. The third kappa shape index (κ3) is 3.08. The topological polar surface area (TPSA) is 60.2 Å². The fourth-order valence-electron chi connectivity index (χ4n) is 1.70. The van der Waals surface area contributed by atoms with Gasteiger partial charge in [0, 0.05) is 5.69 Å². The Hall–Kier alpha value is -1.66. The zero-order valence-corrected chi connectivity index (χ0v) is 11.7. The quantitative estimate of drug-likeness (QED) is 0.884. The van der Waals surface area contributed by atoms with Crippen LogP contribution in [0.2, 0.25) is 5.02 Å². The Kier molecular flexibility index (Phi) is 3.96. The molecule has 0 atom stereocenters. The van der Waals surface area contributed by atoms with Gasteiger partial charge in [0.05, 0.1) is 10.8 Å². The minimum absolute atomic E-state index is 0.131. The first-order chi connectivity index (χ1) is 9.29. The van der Waals surface area contributed by atoms with Crippen molar-refractivity contribution in [3.8, 4) is 0 Å². The molecule has 0 aliphatic carbocycles. The molecule has 2 aromatic carbocycles. The summed E-state index contributed by atoms with van der Waals surface area (Å²) in [5, 5.41) is -0.185. The Labute approximate surface area is 119 Å². The molecular formula is C13H10ClF2NO2S. The number of anilines is 1. The van der Waals surface area contributed by atoms with Crippen LogP contribution in [0, 0.1) is 11.6 Å². The fraction of sp³-hybridized carbons (Fsp3) is 0.0769. The van der Waals surface area contributed by atoms with Crippen molar-refractivity contribution in [2.75, 3.05) is 5.73 Å². The van der Waals surface area contributed by atoms with Gasteiger partial charge in [-0.05, 0) is 35.9 Å². The van der Waals surface area contributed by atoms with Crippen LogP contribution >= 0.6 is 11.6 Å². The first-order valence-electron chi connectivity index (χ1n) is 5.51. The lowest BCUT2D eigenvalue weighted by Gasteiger charge is -2.07. The van der Waals surface area contributed by atoms with E-state index in [4.69, 9.17) is 17.3 Å². The van der Waals surface area contributed by atoms with Crippen molar-refractivity contribution in [1.29, 1.82) is 0 Å². The first kappa shape index (κ1) is 14.7. The number of nitrogens with two attached hydrogens (primary N) is 1. The summed E-state index contributed by atoms with van der Waals surface area (Å²) in [5.74, 6) is -2.04. The van der Waals surface area contributed by atoms with Gasteiger partial charge in [-0.2, -0.15) is 0 Å². The van der Waals surface area contributed by atoms with Crippen molar-refractivity contribution in [2.24, 2.45) is 0 Å². The summed E-state index contributed by atoms with van der Waals surface area (Å²) in [7, 11) is -3.90. The van der Waals surface area contributed by atoms with Crippen molar-refractivity contribution >= 4 is 27.1 Å². The van der Waals surface area contributed by atoms with Gasteiger partial charge < -0.3 is 5.73 Å². The molecule has 7 heteroatoms. The Balaban J connectivity index is 2.38. The molecule has 2 rings (SSSR count). The van der Waals surface area contributed by atoms with Crippen LogP contribution in [-0.2, 0) is 15.6 Å². The third-order valence-electron chi connectivity index (χ3n) is 2.63. The molecule has 0 radical (unpaired) electrons. The van der Waals surface area contributed by atoms with Crippen molar-refractivity contribution in [1.82, 2.24) is 0 Å². The van der Waals surface area contributed by atoms with E-state index in [1.807, 2.05) is 0 Å². The minimum Gasteiger partial charge on any atom is -0.399 e. The normalized spacial score (nSPS) is 11.6. The second-order valence-electron chi connectivity index (χ2n) is 4.20. The van der Waals surface area contributed by atoms with E-state index in [2.05, 4.69) is 0 Å². The van der Waals surface area contributed by atoms with Gasteiger partial charge in [-0.1, -0.05) is 17.7 Å². The van der Waals surface area contributed by atoms with E-state index in [-0.39, 0.29) is 16.3 Å². The van der Waals surface area contributed by atoms with Crippen LogP contribution in [0.15, 0.2) is 41.3 Å². The highest BCUT2D eigenvalue weighted by molar-refractivity contribution is 7.90.